The molecule has 0 spiro atoms. The van der Waals surface area contributed by atoms with Crippen LogP contribution in [-0.2, 0) is 16.8 Å². The molecular weight excluding hydrogens is 470 g/mol. The van der Waals surface area contributed by atoms with E-state index in [4.69, 9.17) is 15.2 Å². The summed E-state index contributed by atoms with van der Waals surface area (Å²) in [6.07, 6.45) is 5.44. The molecule has 0 radical (unpaired) electrons. The van der Waals surface area contributed by atoms with Gasteiger partial charge >= 0.3 is 0 Å². The normalized spacial score (nSPS) is 16.6. The molecule has 4 heterocycles. The van der Waals surface area contributed by atoms with Crippen molar-refractivity contribution in [1.29, 1.82) is 0 Å². The summed E-state index contributed by atoms with van der Waals surface area (Å²) in [4.78, 5) is 6.99. The fraction of sp³-hybridized carbons (Fsp3) is 0.259. The predicted octanol–water partition coefficient (Wildman–Crippen LogP) is 3.84. The van der Waals surface area contributed by atoms with Crippen LogP contribution in [0.2, 0.25) is 0 Å². The van der Waals surface area contributed by atoms with Gasteiger partial charge in [-0.05, 0) is 49.4 Å². The second kappa shape index (κ2) is 8.46. The topological polar surface area (TPSA) is 94.9 Å². The molecular formula is C27H29N7OS. The maximum atomic E-state index is 12.1. The number of anilines is 1. The lowest BCUT2D eigenvalue weighted by Gasteiger charge is -2.33. The second-order valence-electron chi connectivity index (χ2n) is 9.61. The third-order valence-corrected chi connectivity index (χ3v) is 8.73. The molecule has 3 aromatic heterocycles. The van der Waals surface area contributed by atoms with Gasteiger partial charge in [-0.3, -0.25) is 14.0 Å². The standard InChI is InChI=1S/C27H29N7OS/c1-18-6-4-8-22-26(21-7-5-9-24-23(21)17-32(2)30-24)31-34(27(18)22)19-10-11-25(29-16-19)33-14-12-20(13-15-33)36(3,28)35/h4-11,16-17,20H,3,12-15H2,1-2H3,(H2,28,35). The van der Waals surface area contributed by atoms with Gasteiger partial charge in [0.15, 0.2) is 0 Å². The Morgan fingerprint density at radius 2 is 1.81 bits per heavy atom. The van der Waals surface area contributed by atoms with Crippen LogP contribution in [0.15, 0.2) is 60.9 Å². The van der Waals surface area contributed by atoms with Crippen molar-refractivity contribution in [2.75, 3.05) is 18.0 Å². The minimum Gasteiger partial charge on any atom is -0.357 e. The van der Waals surface area contributed by atoms with E-state index in [1.54, 1.807) is 0 Å². The molecule has 2 N–H and O–H groups in total. The molecule has 184 valence electrons. The number of nitrogens with zero attached hydrogens (tertiary/aromatic N) is 6. The summed E-state index contributed by atoms with van der Waals surface area (Å²) in [5.41, 5.74) is 6.05. The highest BCUT2D eigenvalue weighted by molar-refractivity contribution is 7.98. The van der Waals surface area contributed by atoms with E-state index in [1.165, 1.54) is 0 Å². The molecule has 0 bridgehead atoms. The van der Waals surface area contributed by atoms with Crippen molar-refractivity contribution >= 4 is 43.2 Å². The number of benzene rings is 2. The Morgan fingerprint density at radius 3 is 2.53 bits per heavy atom. The van der Waals surface area contributed by atoms with E-state index >= 15 is 0 Å². The van der Waals surface area contributed by atoms with Gasteiger partial charge in [-0.15, -0.1) is 0 Å². The molecule has 9 heteroatoms. The van der Waals surface area contributed by atoms with E-state index in [0.717, 1.165) is 76.1 Å². The molecule has 5 aromatic rings. The average Bonchev–Trinajstić information content (AvgIpc) is 3.44. The van der Waals surface area contributed by atoms with Crippen molar-refractivity contribution in [1.82, 2.24) is 24.5 Å². The van der Waals surface area contributed by atoms with Crippen molar-refractivity contribution in [2.24, 2.45) is 12.2 Å². The monoisotopic (exact) mass is 499 g/mol. The van der Waals surface area contributed by atoms with Crippen molar-refractivity contribution in [2.45, 2.75) is 25.0 Å². The van der Waals surface area contributed by atoms with Gasteiger partial charge in [-0.2, -0.15) is 10.2 Å². The van der Waals surface area contributed by atoms with Gasteiger partial charge in [-0.25, -0.2) is 9.67 Å². The van der Waals surface area contributed by atoms with Gasteiger partial charge in [-0.1, -0.05) is 30.3 Å². The Labute approximate surface area is 210 Å². The highest BCUT2D eigenvalue weighted by Crippen LogP contribution is 2.35. The maximum Gasteiger partial charge on any atom is 0.128 e. The van der Waals surface area contributed by atoms with Gasteiger partial charge in [0.1, 0.15) is 11.5 Å². The van der Waals surface area contributed by atoms with Crippen LogP contribution in [0.5, 0.6) is 0 Å². The van der Waals surface area contributed by atoms with Crippen molar-refractivity contribution in [3.8, 4) is 16.9 Å². The number of piperidine rings is 1. The Hall–Kier alpha value is -3.69. The number of para-hydroxylation sites is 1. The van der Waals surface area contributed by atoms with Crippen LogP contribution in [0.4, 0.5) is 5.82 Å². The van der Waals surface area contributed by atoms with Crippen molar-refractivity contribution in [3.05, 3.63) is 66.5 Å². The number of pyridine rings is 1. The molecule has 0 amide bonds. The largest absolute Gasteiger partial charge is 0.357 e. The molecule has 8 nitrogen and oxygen atoms in total. The molecule has 6 rings (SSSR count). The third kappa shape index (κ3) is 3.84. The van der Waals surface area contributed by atoms with E-state index in [-0.39, 0.29) is 5.25 Å². The summed E-state index contributed by atoms with van der Waals surface area (Å²) in [7, 11) is -0.558. The van der Waals surface area contributed by atoms with Crippen LogP contribution in [-0.4, -0.2) is 53.0 Å². The van der Waals surface area contributed by atoms with E-state index in [1.807, 2.05) is 47.0 Å². The van der Waals surface area contributed by atoms with Gasteiger partial charge < -0.3 is 4.90 Å². The number of hydrogen-bond acceptors (Lipinski definition) is 5. The summed E-state index contributed by atoms with van der Waals surface area (Å²) in [6, 6.07) is 16.6. The molecule has 36 heavy (non-hydrogen) atoms. The maximum absolute atomic E-state index is 12.1. The summed E-state index contributed by atoms with van der Waals surface area (Å²) in [5.74, 6) is 4.57. The smallest absolute Gasteiger partial charge is 0.128 e. The third-order valence-electron chi connectivity index (χ3n) is 7.13. The molecule has 1 aliphatic heterocycles. The summed E-state index contributed by atoms with van der Waals surface area (Å²) in [6.45, 7) is 3.65. The predicted molar refractivity (Wildman–Crippen MR) is 148 cm³/mol. The van der Waals surface area contributed by atoms with E-state index in [2.05, 4.69) is 53.1 Å². The summed E-state index contributed by atoms with van der Waals surface area (Å²) in [5, 5.41) is 17.6. The lowest BCUT2D eigenvalue weighted by molar-refractivity contribution is 0.566. The van der Waals surface area contributed by atoms with Gasteiger partial charge in [0.25, 0.3) is 0 Å². The molecule has 1 aliphatic rings. The van der Waals surface area contributed by atoms with Crippen LogP contribution in [0, 0.1) is 6.92 Å². The van der Waals surface area contributed by atoms with Gasteiger partial charge in [0, 0.05) is 57.6 Å². The quantitative estimate of drug-likeness (QED) is 0.379. The van der Waals surface area contributed by atoms with Crippen LogP contribution in [0.1, 0.15) is 18.4 Å². The van der Waals surface area contributed by atoms with Crippen LogP contribution in [0.25, 0.3) is 38.8 Å². The van der Waals surface area contributed by atoms with E-state index in [9.17, 15) is 4.21 Å². The summed E-state index contributed by atoms with van der Waals surface area (Å²) >= 11 is 0. The van der Waals surface area contributed by atoms with Crippen LogP contribution < -0.4 is 10.0 Å². The Bertz CT molecular complexity index is 1690. The van der Waals surface area contributed by atoms with Gasteiger partial charge in [0.2, 0.25) is 0 Å². The Morgan fingerprint density at radius 1 is 1.03 bits per heavy atom. The van der Waals surface area contributed by atoms with Crippen molar-refractivity contribution in [3.63, 3.8) is 0 Å². The highest BCUT2D eigenvalue weighted by Gasteiger charge is 2.25. The SMILES string of the molecule is C=S(N)(=O)C1CCN(c2ccc(-n3nc(-c4cccc5nn(C)cc45)c4cccc(C)c43)cn2)CC1. The number of hydrogen-bond donors (Lipinski definition) is 1. The Balaban J connectivity index is 1.39. The first-order valence-electron chi connectivity index (χ1n) is 12.1. The lowest BCUT2D eigenvalue weighted by atomic mass is 10.0. The zero-order valence-corrected chi connectivity index (χ0v) is 21.3. The fourth-order valence-electron chi connectivity index (χ4n) is 5.26. The Kier molecular flexibility index (Phi) is 5.35. The first-order chi connectivity index (χ1) is 17.3. The highest BCUT2D eigenvalue weighted by atomic mass is 32.2. The number of fused-ring (bicyclic) bond motifs is 2. The minimum atomic E-state index is -2.50. The van der Waals surface area contributed by atoms with E-state index in [0.29, 0.717) is 0 Å². The lowest BCUT2D eigenvalue weighted by Crippen LogP contribution is -2.41. The fourth-order valence-corrected chi connectivity index (χ4v) is 6.27. The van der Waals surface area contributed by atoms with Crippen LogP contribution in [0.3, 0.4) is 0 Å². The number of aryl methyl sites for hydroxylation is 2. The molecule has 1 saturated heterocycles. The first kappa shape index (κ1) is 22.8. The molecule has 0 aliphatic carbocycles. The summed E-state index contributed by atoms with van der Waals surface area (Å²) < 4.78 is 15.9. The molecule has 2 aromatic carbocycles. The van der Waals surface area contributed by atoms with Crippen molar-refractivity contribution < 1.29 is 4.21 Å². The molecule has 1 atom stereocenters. The zero-order valence-electron chi connectivity index (χ0n) is 20.5. The van der Waals surface area contributed by atoms with Crippen LogP contribution >= 0.6 is 0 Å². The molecule has 0 saturated carbocycles. The average molecular weight is 500 g/mol. The number of rotatable bonds is 4. The minimum absolute atomic E-state index is 0.0332. The molecule has 1 unspecified atom stereocenters. The first-order valence-corrected chi connectivity index (χ1v) is 13.9. The number of nitrogens with two attached hydrogens (primary N) is 1. The van der Waals surface area contributed by atoms with E-state index < -0.39 is 9.71 Å². The zero-order chi connectivity index (χ0) is 25.0. The van der Waals surface area contributed by atoms with Gasteiger partial charge in [0.05, 0.1) is 22.9 Å². The molecule has 1 fully saturated rings. The number of aromatic nitrogens is 5. The second-order valence-corrected chi connectivity index (χ2v) is 11.8.